The van der Waals surface area contributed by atoms with E-state index in [1.165, 1.54) is 32.1 Å². The number of amides is 1. The van der Waals surface area contributed by atoms with Gasteiger partial charge in [0.25, 0.3) is 0 Å². The highest BCUT2D eigenvalue weighted by atomic mass is 32.1. The Kier molecular flexibility index (Phi) is 6.46. The van der Waals surface area contributed by atoms with Crippen LogP contribution in [-0.2, 0) is 11.3 Å². The predicted molar refractivity (Wildman–Crippen MR) is 100 cm³/mol. The Bertz CT molecular complexity index is 630. The normalized spacial score (nSPS) is 16.9. The van der Waals surface area contributed by atoms with Crippen LogP contribution in [0.15, 0.2) is 29.0 Å². The lowest BCUT2D eigenvalue weighted by Gasteiger charge is -2.20. The van der Waals surface area contributed by atoms with Gasteiger partial charge >= 0.3 is 0 Å². The van der Waals surface area contributed by atoms with E-state index in [2.05, 4.69) is 5.32 Å². The van der Waals surface area contributed by atoms with Crippen LogP contribution >= 0.6 is 22.7 Å². The van der Waals surface area contributed by atoms with Crippen molar-refractivity contribution in [2.24, 2.45) is 5.92 Å². The van der Waals surface area contributed by atoms with Crippen molar-refractivity contribution >= 4 is 28.6 Å². The highest BCUT2D eigenvalue weighted by molar-refractivity contribution is 7.12. The van der Waals surface area contributed by atoms with Gasteiger partial charge in [-0.25, -0.2) is 0 Å². The van der Waals surface area contributed by atoms with Gasteiger partial charge in [-0.3, -0.25) is 4.79 Å². The third-order valence-corrected chi connectivity index (χ3v) is 6.61. The summed E-state index contributed by atoms with van der Waals surface area (Å²) >= 11 is 3.16. The van der Waals surface area contributed by atoms with Gasteiger partial charge in [-0.15, -0.1) is 11.3 Å². The van der Waals surface area contributed by atoms with Gasteiger partial charge in [0.2, 0.25) is 5.91 Å². The van der Waals surface area contributed by atoms with Gasteiger partial charge in [0, 0.05) is 16.2 Å². The summed E-state index contributed by atoms with van der Waals surface area (Å²) in [6, 6.07) is 5.90. The van der Waals surface area contributed by atoms with Crippen LogP contribution in [-0.4, -0.2) is 11.0 Å². The molecule has 3 rings (SSSR count). The average molecular weight is 364 g/mol. The highest BCUT2D eigenvalue weighted by Crippen LogP contribution is 2.30. The van der Waals surface area contributed by atoms with E-state index >= 15 is 0 Å². The van der Waals surface area contributed by atoms with Gasteiger partial charge < -0.3 is 10.4 Å². The number of hydrogen-bond donors (Lipinski definition) is 2. The van der Waals surface area contributed by atoms with E-state index in [0.717, 1.165) is 27.7 Å². The maximum Gasteiger partial charge on any atom is 0.220 e. The molecule has 2 N–H and O–H groups in total. The second-order valence-electron chi connectivity index (χ2n) is 6.58. The molecule has 0 saturated heterocycles. The van der Waals surface area contributed by atoms with E-state index < -0.39 is 6.10 Å². The molecular formula is C19H25NO2S2. The monoisotopic (exact) mass is 363 g/mol. The van der Waals surface area contributed by atoms with Crippen molar-refractivity contribution in [3.8, 4) is 0 Å². The van der Waals surface area contributed by atoms with Gasteiger partial charge in [0.05, 0.1) is 6.54 Å². The maximum absolute atomic E-state index is 12.0. The first-order valence-electron chi connectivity index (χ1n) is 8.78. The predicted octanol–water partition coefficient (Wildman–Crippen LogP) is 4.87. The van der Waals surface area contributed by atoms with Crippen molar-refractivity contribution in [1.82, 2.24) is 5.32 Å². The van der Waals surface area contributed by atoms with E-state index in [0.29, 0.717) is 13.0 Å². The van der Waals surface area contributed by atoms with E-state index in [-0.39, 0.29) is 5.91 Å². The molecule has 130 valence electrons. The molecule has 2 heterocycles. The number of carbonyl (C=O) groups is 1. The zero-order chi connectivity index (χ0) is 16.8. The zero-order valence-corrected chi connectivity index (χ0v) is 15.5. The van der Waals surface area contributed by atoms with E-state index in [4.69, 9.17) is 0 Å². The summed E-state index contributed by atoms with van der Waals surface area (Å²) in [5.74, 6) is 0.896. The standard InChI is InChI=1S/C19H25NO2S2/c21-18(9-6-14-4-2-1-3-5-14)20-12-16-7-8-17(24-16)19(22)15-10-11-23-13-15/h7-8,10-11,13-14,19,22H,1-6,9,12H2,(H,20,21). The first kappa shape index (κ1) is 17.6. The molecule has 1 atom stereocenters. The summed E-state index contributed by atoms with van der Waals surface area (Å²) in [6.45, 7) is 0.560. The smallest absolute Gasteiger partial charge is 0.220 e. The van der Waals surface area contributed by atoms with Crippen LogP contribution in [0.5, 0.6) is 0 Å². The number of carbonyl (C=O) groups excluding carboxylic acids is 1. The summed E-state index contributed by atoms with van der Waals surface area (Å²) in [5, 5.41) is 17.3. The molecule has 5 heteroatoms. The molecule has 24 heavy (non-hydrogen) atoms. The van der Waals surface area contributed by atoms with E-state index in [1.54, 1.807) is 22.7 Å². The van der Waals surface area contributed by atoms with Crippen LogP contribution in [0.4, 0.5) is 0 Å². The number of rotatable bonds is 7. The van der Waals surface area contributed by atoms with Gasteiger partial charge in [0.1, 0.15) is 6.10 Å². The van der Waals surface area contributed by atoms with Crippen LogP contribution in [0.1, 0.15) is 66.4 Å². The lowest BCUT2D eigenvalue weighted by Crippen LogP contribution is -2.23. The average Bonchev–Trinajstić information content (AvgIpc) is 3.30. The largest absolute Gasteiger partial charge is 0.383 e. The lowest BCUT2D eigenvalue weighted by molar-refractivity contribution is -0.121. The highest BCUT2D eigenvalue weighted by Gasteiger charge is 2.16. The SMILES string of the molecule is O=C(CCC1CCCCC1)NCc1ccc(C(O)c2ccsc2)s1. The summed E-state index contributed by atoms with van der Waals surface area (Å²) < 4.78 is 0. The van der Waals surface area contributed by atoms with Crippen LogP contribution < -0.4 is 5.32 Å². The van der Waals surface area contributed by atoms with Crippen LogP contribution in [0.25, 0.3) is 0 Å². The third-order valence-electron chi connectivity index (χ3n) is 4.78. The second-order valence-corrected chi connectivity index (χ2v) is 8.56. The maximum atomic E-state index is 12.0. The Balaban J connectivity index is 1.42. The fourth-order valence-electron chi connectivity index (χ4n) is 3.32. The Hall–Kier alpha value is -1.17. The zero-order valence-electron chi connectivity index (χ0n) is 13.9. The molecular weight excluding hydrogens is 338 g/mol. The van der Waals surface area contributed by atoms with Crippen molar-refractivity contribution in [3.05, 3.63) is 44.3 Å². The molecule has 1 amide bonds. The molecule has 1 aliphatic rings. The third kappa shape index (κ3) is 4.91. The van der Waals surface area contributed by atoms with E-state index in [9.17, 15) is 9.90 Å². The molecule has 0 spiro atoms. The Morgan fingerprint density at radius 2 is 2.08 bits per heavy atom. The number of hydrogen-bond acceptors (Lipinski definition) is 4. The van der Waals surface area contributed by atoms with Crippen molar-refractivity contribution in [3.63, 3.8) is 0 Å². The number of thiophene rings is 2. The lowest BCUT2D eigenvalue weighted by atomic mass is 9.86. The minimum atomic E-state index is -0.558. The van der Waals surface area contributed by atoms with Crippen molar-refractivity contribution in [2.45, 2.75) is 57.6 Å². The van der Waals surface area contributed by atoms with Gasteiger partial charge in [0.15, 0.2) is 0 Å². The molecule has 0 aliphatic heterocycles. The molecule has 1 aliphatic carbocycles. The molecule has 1 fully saturated rings. The summed E-state index contributed by atoms with van der Waals surface area (Å²) in [5.41, 5.74) is 0.935. The summed E-state index contributed by atoms with van der Waals surface area (Å²) in [7, 11) is 0. The van der Waals surface area contributed by atoms with Crippen molar-refractivity contribution in [2.75, 3.05) is 0 Å². The number of aliphatic hydroxyl groups excluding tert-OH is 1. The molecule has 3 nitrogen and oxygen atoms in total. The van der Waals surface area contributed by atoms with Gasteiger partial charge in [-0.2, -0.15) is 11.3 Å². The molecule has 2 aromatic rings. The molecule has 0 aromatic carbocycles. The van der Waals surface area contributed by atoms with Gasteiger partial charge in [-0.05, 0) is 46.9 Å². The minimum Gasteiger partial charge on any atom is -0.383 e. The molecule has 1 unspecified atom stereocenters. The molecule has 0 bridgehead atoms. The number of nitrogens with one attached hydrogen (secondary N) is 1. The fourth-order valence-corrected chi connectivity index (χ4v) is 4.96. The van der Waals surface area contributed by atoms with E-state index in [1.807, 2.05) is 29.0 Å². The summed E-state index contributed by atoms with van der Waals surface area (Å²) in [4.78, 5) is 14.1. The Morgan fingerprint density at radius 3 is 2.83 bits per heavy atom. The fraction of sp³-hybridized carbons (Fsp3) is 0.526. The summed E-state index contributed by atoms with van der Waals surface area (Å²) in [6.07, 6.45) is 7.72. The van der Waals surface area contributed by atoms with Crippen molar-refractivity contribution < 1.29 is 9.90 Å². The minimum absolute atomic E-state index is 0.147. The topological polar surface area (TPSA) is 49.3 Å². The number of aliphatic hydroxyl groups is 1. The second kappa shape index (κ2) is 8.79. The molecule has 1 saturated carbocycles. The first-order valence-corrected chi connectivity index (χ1v) is 10.5. The quantitative estimate of drug-likeness (QED) is 0.737. The van der Waals surface area contributed by atoms with Gasteiger partial charge in [-0.1, -0.05) is 32.1 Å². The Labute approximate surface area is 151 Å². The van der Waals surface area contributed by atoms with Crippen LogP contribution in [0.3, 0.4) is 0 Å². The van der Waals surface area contributed by atoms with Crippen molar-refractivity contribution in [1.29, 1.82) is 0 Å². The molecule has 0 radical (unpaired) electrons. The van der Waals surface area contributed by atoms with Crippen LogP contribution in [0, 0.1) is 5.92 Å². The molecule has 2 aromatic heterocycles. The first-order chi connectivity index (χ1) is 11.7. The van der Waals surface area contributed by atoms with Crippen LogP contribution in [0.2, 0.25) is 0 Å². The Morgan fingerprint density at radius 1 is 1.25 bits per heavy atom.